The third-order valence-electron chi connectivity index (χ3n) is 2.80. The molecule has 0 bridgehead atoms. The fourth-order valence-corrected chi connectivity index (χ4v) is 1.57. The van der Waals surface area contributed by atoms with E-state index in [9.17, 15) is 0 Å². The second-order valence-corrected chi connectivity index (χ2v) is 4.33. The number of likely N-dealkylation sites (N-methyl/N-ethyl adjacent to an activating group) is 1. The van der Waals surface area contributed by atoms with E-state index in [-0.39, 0.29) is 29.5 Å². The number of hydrogen-bond donors (Lipinski definition) is 0. The van der Waals surface area contributed by atoms with Gasteiger partial charge >= 0.3 is 5.90 Å². The Morgan fingerprint density at radius 1 is 1.20 bits per heavy atom. The minimum Gasteiger partial charge on any atom is -1.00 e. The van der Waals surface area contributed by atoms with Gasteiger partial charge in [-0.25, -0.2) is 0 Å². The van der Waals surface area contributed by atoms with Crippen molar-refractivity contribution in [2.45, 2.75) is 19.4 Å². The largest absolute Gasteiger partial charge is 1.00 e. The average molecular weight is 317 g/mol. The topological polar surface area (TPSA) is 12.2 Å². The van der Waals surface area contributed by atoms with Gasteiger partial charge in [0, 0.05) is 13.8 Å². The van der Waals surface area contributed by atoms with Crippen LogP contribution in [0.1, 0.15) is 19.4 Å². The first-order valence-electron chi connectivity index (χ1n) is 4.90. The SMILES string of the molecule is C[N+]1=C(c2ccccc2)OCC1(C)C.[I-]. The first-order chi connectivity index (χ1) is 6.61. The van der Waals surface area contributed by atoms with Gasteiger partial charge in [0.25, 0.3) is 0 Å². The van der Waals surface area contributed by atoms with Crippen LogP contribution >= 0.6 is 0 Å². The molecule has 82 valence electrons. The van der Waals surface area contributed by atoms with Gasteiger partial charge in [0.1, 0.15) is 7.05 Å². The second-order valence-electron chi connectivity index (χ2n) is 4.33. The van der Waals surface area contributed by atoms with Crippen LogP contribution in [0.15, 0.2) is 30.3 Å². The lowest BCUT2D eigenvalue weighted by molar-refractivity contribution is -0.562. The zero-order valence-electron chi connectivity index (χ0n) is 9.33. The van der Waals surface area contributed by atoms with Gasteiger partial charge < -0.3 is 28.7 Å². The molecule has 0 spiro atoms. The number of rotatable bonds is 1. The number of nitrogens with zero attached hydrogens (tertiary/aromatic N) is 1. The summed E-state index contributed by atoms with van der Waals surface area (Å²) < 4.78 is 7.91. The Bertz CT molecular complexity index is 370. The Morgan fingerprint density at radius 3 is 2.27 bits per heavy atom. The zero-order valence-corrected chi connectivity index (χ0v) is 11.5. The monoisotopic (exact) mass is 317 g/mol. The van der Waals surface area contributed by atoms with E-state index in [1.165, 1.54) is 0 Å². The van der Waals surface area contributed by atoms with Crippen molar-refractivity contribution in [3.05, 3.63) is 35.9 Å². The van der Waals surface area contributed by atoms with Crippen molar-refractivity contribution in [2.24, 2.45) is 0 Å². The number of halogens is 1. The third-order valence-corrected chi connectivity index (χ3v) is 2.80. The molecule has 0 radical (unpaired) electrons. The Balaban J connectivity index is 0.00000112. The fraction of sp³-hybridized carbons (Fsp3) is 0.417. The molecular formula is C12H16INO. The minimum absolute atomic E-state index is 0. The Morgan fingerprint density at radius 2 is 1.80 bits per heavy atom. The molecule has 1 heterocycles. The predicted molar refractivity (Wildman–Crippen MR) is 56.8 cm³/mol. The van der Waals surface area contributed by atoms with E-state index in [2.05, 4.69) is 37.6 Å². The normalized spacial score (nSPS) is 18.3. The summed E-state index contributed by atoms with van der Waals surface area (Å²) in [6.07, 6.45) is 0. The van der Waals surface area contributed by atoms with Crippen molar-refractivity contribution in [1.29, 1.82) is 0 Å². The highest BCUT2D eigenvalue weighted by Gasteiger charge is 2.39. The maximum Gasteiger partial charge on any atom is 0.370 e. The van der Waals surface area contributed by atoms with Crippen LogP contribution in [0.2, 0.25) is 0 Å². The number of benzene rings is 1. The minimum atomic E-state index is 0. The van der Waals surface area contributed by atoms with Crippen LogP contribution in [-0.4, -0.2) is 29.7 Å². The average Bonchev–Trinajstić information content (AvgIpc) is 2.44. The van der Waals surface area contributed by atoms with Crippen molar-refractivity contribution in [2.75, 3.05) is 13.7 Å². The van der Waals surface area contributed by atoms with E-state index in [0.29, 0.717) is 0 Å². The van der Waals surface area contributed by atoms with E-state index >= 15 is 0 Å². The molecule has 0 amide bonds. The predicted octanol–water partition coefficient (Wildman–Crippen LogP) is -1.11. The highest BCUT2D eigenvalue weighted by atomic mass is 127. The molecule has 0 saturated carbocycles. The molecule has 0 atom stereocenters. The molecule has 0 unspecified atom stereocenters. The Kier molecular flexibility index (Phi) is 3.76. The van der Waals surface area contributed by atoms with Gasteiger partial charge in [-0.1, -0.05) is 18.2 Å². The van der Waals surface area contributed by atoms with Gasteiger partial charge in [-0.05, 0) is 12.1 Å². The molecule has 1 aliphatic heterocycles. The molecule has 1 aromatic rings. The maximum atomic E-state index is 5.71. The molecule has 2 nitrogen and oxygen atoms in total. The molecule has 3 heteroatoms. The van der Waals surface area contributed by atoms with Crippen LogP contribution in [-0.2, 0) is 4.74 Å². The lowest BCUT2D eigenvalue weighted by Crippen LogP contribution is -3.00. The van der Waals surface area contributed by atoms with Gasteiger partial charge in [0.05, 0.1) is 5.56 Å². The van der Waals surface area contributed by atoms with E-state index in [4.69, 9.17) is 4.74 Å². The lowest BCUT2D eigenvalue weighted by atomic mass is 10.1. The molecule has 1 aromatic carbocycles. The summed E-state index contributed by atoms with van der Waals surface area (Å²) in [7, 11) is 2.08. The van der Waals surface area contributed by atoms with E-state index < -0.39 is 0 Å². The molecule has 0 fully saturated rings. The summed E-state index contributed by atoms with van der Waals surface area (Å²) in [6.45, 7) is 5.12. The summed E-state index contributed by atoms with van der Waals surface area (Å²) in [5.74, 6) is 0.982. The molecule has 0 saturated heterocycles. The highest BCUT2D eigenvalue weighted by Crippen LogP contribution is 2.18. The van der Waals surface area contributed by atoms with Crippen molar-refractivity contribution in [3.63, 3.8) is 0 Å². The fourth-order valence-electron chi connectivity index (χ4n) is 1.57. The van der Waals surface area contributed by atoms with Crippen molar-refractivity contribution >= 4 is 5.90 Å². The summed E-state index contributed by atoms with van der Waals surface area (Å²) in [5, 5.41) is 0. The van der Waals surface area contributed by atoms with Gasteiger partial charge in [-0.3, -0.25) is 0 Å². The highest BCUT2D eigenvalue weighted by molar-refractivity contribution is 5.90. The Hall–Kier alpha value is -0.580. The first-order valence-corrected chi connectivity index (χ1v) is 4.90. The summed E-state index contributed by atoms with van der Waals surface area (Å²) in [4.78, 5) is 0. The van der Waals surface area contributed by atoms with Crippen LogP contribution in [0.3, 0.4) is 0 Å². The zero-order chi connectivity index (χ0) is 10.2. The van der Waals surface area contributed by atoms with Crippen molar-refractivity contribution in [3.8, 4) is 0 Å². The second kappa shape index (κ2) is 4.51. The van der Waals surface area contributed by atoms with E-state index in [1.54, 1.807) is 0 Å². The molecule has 0 aromatic heterocycles. The summed E-state index contributed by atoms with van der Waals surface area (Å²) in [6, 6.07) is 10.2. The Labute approximate surface area is 108 Å². The molecule has 0 N–H and O–H groups in total. The first kappa shape index (κ1) is 12.5. The van der Waals surface area contributed by atoms with Gasteiger partial charge in [0.2, 0.25) is 0 Å². The molecule has 15 heavy (non-hydrogen) atoms. The summed E-state index contributed by atoms with van der Waals surface area (Å²) >= 11 is 0. The standard InChI is InChI=1S/C12H16NO.HI/c1-12(2)9-14-11(13(12)3)10-7-5-4-6-8-10;/h4-8H,9H2,1-3H3;1H/q+1;/p-1. The number of hydrogen-bond acceptors (Lipinski definition) is 1. The molecule has 2 rings (SSSR count). The van der Waals surface area contributed by atoms with Crippen LogP contribution in [0.5, 0.6) is 0 Å². The van der Waals surface area contributed by atoms with Crippen LogP contribution in [0.4, 0.5) is 0 Å². The van der Waals surface area contributed by atoms with Gasteiger partial charge in [-0.15, -0.1) is 0 Å². The third kappa shape index (κ3) is 2.33. The van der Waals surface area contributed by atoms with Crippen LogP contribution in [0.25, 0.3) is 0 Å². The van der Waals surface area contributed by atoms with Crippen LogP contribution in [0, 0.1) is 0 Å². The van der Waals surface area contributed by atoms with Crippen LogP contribution < -0.4 is 24.0 Å². The molecular weight excluding hydrogens is 301 g/mol. The van der Waals surface area contributed by atoms with Gasteiger partial charge in [0.15, 0.2) is 12.1 Å². The smallest absolute Gasteiger partial charge is 0.370 e. The maximum absolute atomic E-state index is 5.71. The molecule has 1 aliphatic rings. The quantitative estimate of drug-likeness (QED) is 0.473. The molecule has 0 aliphatic carbocycles. The van der Waals surface area contributed by atoms with Gasteiger partial charge in [-0.2, -0.15) is 4.58 Å². The van der Waals surface area contributed by atoms with E-state index in [1.807, 2.05) is 18.2 Å². The lowest BCUT2D eigenvalue weighted by Gasteiger charge is -2.09. The number of ether oxygens (including phenoxy) is 1. The summed E-state index contributed by atoms with van der Waals surface area (Å²) in [5.41, 5.74) is 1.26. The van der Waals surface area contributed by atoms with Crippen molar-refractivity contribution in [1.82, 2.24) is 0 Å². The van der Waals surface area contributed by atoms with Crippen molar-refractivity contribution < 1.29 is 33.3 Å². The van der Waals surface area contributed by atoms with E-state index in [0.717, 1.165) is 18.1 Å².